The van der Waals surface area contributed by atoms with Crippen LogP contribution in [0.2, 0.25) is 0 Å². The van der Waals surface area contributed by atoms with E-state index in [1.54, 1.807) is 12.1 Å². The summed E-state index contributed by atoms with van der Waals surface area (Å²) in [6, 6.07) is 3.14. The SMILES string of the molecule is COc1cc(NC(=O)OCCO)cc(OC)c1OC. The summed E-state index contributed by atoms with van der Waals surface area (Å²) in [5, 5.41) is 11.0. The standard InChI is InChI=1S/C12H17NO6/c1-16-9-6-8(13-12(15)19-5-4-14)7-10(17-2)11(9)18-3/h6-7,14H,4-5H2,1-3H3,(H,13,15). The lowest BCUT2D eigenvalue weighted by molar-refractivity contribution is 0.131. The van der Waals surface area contributed by atoms with Crippen molar-refractivity contribution in [1.82, 2.24) is 0 Å². The fourth-order valence-corrected chi connectivity index (χ4v) is 1.45. The number of ether oxygens (including phenoxy) is 4. The third-order valence-corrected chi connectivity index (χ3v) is 2.24. The molecule has 0 spiro atoms. The number of carbonyl (C=O) groups is 1. The van der Waals surface area contributed by atoms with Crippen LogP contribution in [0, 0.1) is 0 Å². The first-order valence-electron chi connectivity index (χ1n) is 5.50. The Morgan fingerprint density at radius 3 is 2.16 bits per heavy atom. The quantitative estimate of drug-likeness (QED) is 0.810. The van der Waals surface area contributed by atoms with Crippen molar-refractivity contribution in [2.24, 2.45) is 0 Å². The number of methoxy groups -OCH3 is 3. The van der Waals surface area contributed by atoms with E-state index in [1.165, 1.54) is 21.3 Å². The zero-order chi connectivity index (χ0) is 14.3. The number of aliphatic hydroxyl groups is 1. The minimum atomic E-state index is -0.677. The minimum absolute atomic E-state index is 0.0732. The number of hydrogen-bond donors (Lipinski definition) is 2. The molecule has 0 unspecified atom stereocenters. The Balaban J connectivity index is 2.93. The Morgan fingerprint density at radius 1 is 1.16 bits per heavy atom. The van der Waals surface area contributed by atoms with Gasteiger partial charge in [0.25, 0.3) is 0 Å². The van der Waals surface area contributed by atoms with Crippen molar-refractivity contribution < 1.29 is 28.8 Å². The Labute approximate surface area is 111 Å². The lowest BCUT2D eigenvalue weighted by atomic mass is 10.2. The van der Waals surface area contributed by atoms with Gasteiger partial charge in [-0.2, -0.15) is 0 Å². The molecule has 0 atom stereocenters. The van der Waals surface area contributed by atoms with Crippen LogP contribution in [0.3, 0.4) is 0 Å². The maximum atomic E-state index is 11.4. The summed E-state index contributed by atoms with van der Waals surface area (Å²) in [5.41, 5.74) is 0.428. The number of hydrogen-bond acceptors (Lipinski definition) is 6. The second-order valence-corrected chi connectivity index (χ2v) is 3.40. The highest BCUT2D eigenvalue weighted by Crippen LogP contribution is 2.39. The average molecular weight is 271 g/mol. The second-order valence-electron chi connectivity index (χ2n) is 3.40. The van der Waals surface area contributed by atoms with E-state index in [9.17, 15) is 4.79 Å². The smallest absolute Gasteiger partial charge is 0.411 e. The fourth-order valence-electron chi connectivity index (χ4n) is 1.45. The zero-order valence-electron chi connectivity index (χ0n) is 11.1. The van der Waals surface area contributed by atoms with Crippen molar-refractivity contribution in [2.45, 2.75) is 0 Å². The number of benzene rings is 1. The molecule has 0 saturated heterocycles. The number of amides is 1. The molecule has 0 aliphatic heterocycles. The summed E-state index contributed by atoms with van der Waals surface area (Å²) in [6.45, 7) is -0.307. The number of aliphatic hydroxyl groups excluding tert-OH is 1. The lowest BCUT2D eigenvalue weighted by Crippen LogP contribution is -2.16. The predicted molar refractivity (Wildman–Crippen MR) is 68.2 cm³/mol. The molecule has 0 aliphatic carbocycles. The van der Waals surface area contributed by atoms with Crippen LogP contribution >= 0.6 is 0 Å². The molecule has 1 aromatic carbocycles. The third kappa shape index (κ3) is 3.92. The molecule has 0 heterocycles. The normalized spacial score (nSPS) is 9.68. The molecule has 7 heteroatoms. The molecule has 1 amide bonds. The summed E-state index contributed by atoms with van der Waals surface area (Å²) < 4.78 is 20.1. The average Bonchev–Trinajstić information content (AvgIpc) is 2.43. The molecule has 19 heavy (non-hydrogen) atoms. The van der Waals surface area contributed by atoms with Crippen molar-refractivity contribution >= 4 is 11.8 Å². The molecule has 1 rings (SSSR count). The highest BCUT2D eigenvalue weighted by Gasteiger charge is 2.14. The second kappa shape index (κ2) is 7.32. The molecular weight excluding hydrogens is 254 g/mol. The van der Waals surface area contributed by atoms with E-state index in [0.717, 1.165) is 0 Å². The molecule has 0 fully saturated rings. The van der Waals surface area contributed by atoms with Gasteiger partial charge in [0.2, 0.25) is 5.75 Å². The topological polar surface area (TPSA) is 86.3 Å². The van der Waals surface area contributed by atoms with Crippen LogP contribution in [0.5, 0.6) is 17.2 Å². The molecular formula is C12H17NO6. The van der Waals surface area contributed by atoms with Crippen LogP contribution in [0.25, 0.3) is 0 Å². The lowest BCUT2D eigenvalue weighted by Gasteiger charge is -2.14. The summed E-state index contributed by atoms with van der Waals surface area (Å²) in [7, 11) is 4.44. The Morgan fingerprint density at radius 2 is 1.74 bits per heavy atom. The van der Waals surface area contributed by atoms with Crippen molar-refractivity contribution in [3.05, 3.63) is 12.1 Å². The Kier molecular flexibility index (Phi) is 5.74. The van der Waals surface area contributed by atoms with Crippen LogP contribution in [0.15, 0.2) is 12.1 Å². The van der Waals surface area contributed by atoms with E-state index in [2.05, 4.69) is 10.1 Å². The van der Waals surface area contributed by atoms with Crippen LogP contribution < -0.4 is 19.5 Å². The van der Waals surface area contributed by atoms with E-state index in [4.69, 9.17) is 19.3 Å². The molecule has 7 nitrogen and oxygen atoms in total. The fraction of sp³-hybridized carbons (Fsp3) is 0.417. The highest BCUT2D eigenvalue weighted by molar-refractivity contribution is 5.85. The molecule has 0 radical (unpaired) electrons. The van der Waals surface area contributed by atoms with Gasteiger partial charge in [-0.25, -0.2) is 4.79 Å². The predicted octanol–water partition coefficient (Wildman–Crippen LogP) is 1.25. The largest absolute Gasteiger partial charge is 0.493 e. The van der Waals surface area contributed by atoms with Gasteiger partial charge in [0.1, 0.15) is 6.61 Å². The molecule has 0 aromatic heterocycles. The summed E-state index contributed by atoms with van der Waals surface area (Å²) in [6.07, 6.45) is -0.677. The van der Waals surface area contributed by atoms with Gasteiger partial charge in [-0.1, -0.05) is 0 Å². The van der Waals surface area contributed by atoms with Crippen molar-refractivity contribution in [1.29, 1.82) is 0 Å². The van der Waals surface area contributed by atoms with E-state index < -0.39 is 6.09 Å². The number of carbonyl (C=O) groups excluding carboxylic acids is 1. The van der Waals surface area contributed by atoms with Crippen LogP contribution in [0.1, 0.15) is 0 Å². The first kappa shape index (κ1) is 14.9. The van der Waals surface area contributed by atoms with Gasteiger partial charge in [0, 0.05) is 12.1 Å². The van der Waals surface area contributed by atoms with Crippen molar-refractivity contribution in [3.8, 4) is 17.2 Å². The maximum Gasteiger partial charge on any atom is 0.411 e. The Bertz CT molecular complexity index is 409. The van der Waals surface area contributed by atoms with E-state index in [1.807, 2.05) is 0 Å². The van der Waals surface area contributed by atoms with Gasteiger partial charge in [-0.3, -0.25) is 5.32 Å². The molecule has 0 bridgehead atoms. The van der Waals surface area contributed by atoms with Gasteiger partial charge in [-0.05, 0) is 0 Å². The zero-order valence-corrected chi connectivity index (χ0v) is 11.1. The van der Waals surface area contributed by atoms with E-state index >= 15 is 0 Å². The first-order chi connectivity index (χ1) is 9.15. The summed E-state index contributed by atoms with van der Waals surface area (Å²) in [4.78, 5) is 11.4. The highest BCUT2D eigenvalue weighted by atomic mass is 16.6. The number of rotatable bonds is 6. The van der Waals surface area contributed by atoms with Gasteiger partial charge in [0.05, 0.1) is 33.6 Å². The first-order valence-corrected chi connectivity index (χ1v) is 5.50. The van der Waals surface area contributed by atoms with Gasteiger partial charge >= 0.3 is 6.09 Å². The molecule has 2 N–H and O–H groups in total. The molecule has 0 saturated carbocycles. The Hall–Kier alpha value is -2.15. The summed E-state index contributed by atoms with van der Waals surface area (Å²) in [5.74, 6) is 1.26. The monoisotopic (exact) mass is 271 g/mol. The molecule has 106 valence electrons. The number of anilines is 1. The van der Waals surface area contributed by atoms with Crippen molar-refractivity contribution in [2.75, 3.05) is 39.9 Å². The maximum absolute atomic E-state index is 11.4. The van der Waals surface area contributed by atoms with E-state index in [-0.39, 0.29) is 13.2 Å². The van der Waals surface area contributed by atoms with Gasteiger partial charge < -0.3 is 24.1 Å². The molecule has 1 aromatic rings. The summed E-state index contributed by atoms with van der Waals surface area (Å²) >= 11 is 0. The van der Waals surface area contributed by atoms with Gasteiger partial charge in [0.15, 0.2) is 11.5 Å². The van der Waals surface area contributed by atoms with Crippen LogP contribution in [-0.2, 0) is 4.74 Å². The van der Waals surface area contributed by atoms with Gasteiger partial charge in [-0.15, -0.1) is 0 Å². The minimum Gasteiger partial charge on any atom is -0.493 e. The third-order valence-electron chi connectivity index (χ3n) is 2.24. The van der Waals surface area contributed by atoms with Crippen LogP contribution in [0.4, 0.5) is 10.5 Å². The van der Waals surface area contributed by atoms with E-state index in [0.29, 0.717) is 22.9 Å². The van der Waals surface area contributed by atoms with Crippen LogP contribution in [-0.4, -0.2) is 45.7 Å². The number of nitrogens with one attached hydrogen (secondary N) is 1. The van der Waals surface area contributed by atoms with Crippen molar-refractivity contribution in [3.63, 3.8) is 0 Å². The molecule has 0 aliphatic rings.